The maximum Gasteiger partial charge on any atom is 0.331 e. The van der Waals surface area contributed by atoms with Crippen molar-refractivity contribution in [3.8, 4) is 0 Å². The second-order valence-electron chi connectivity index (χ2n) is 5.26. The van der Waals surface area contributed by atoms with Crippen molar-refractivity contribution < 1.29 is 14.3 Å². The number of carbonyl (C=O) groups is 2. The first-order valence-electron chi connectivity index (χ1n) is 7.73. The Bertz CT molecular complexity index is 988. The third kappa shape index (κ3) is 4.64. The second-order valence-corrected chi connectivity index (χ2v) is 5.62. The Kier molecular flexibility index (Phi) is 5.56. The highest BCUT2D eigenvalue weighted by atomic mass is 35.5. The van der Waals surface area contributed by atoms with E-state index in [9.17, 15) is 9.59 Å². The predicted octanol–water partition coefficient (Wildman–Crippen LogP) is 3.48. The van der Waals surface area contributed by atoms with Gasteiger partial charge in [0.1, 0.15) is 0 Å². The van der Waals surface area contributed by atoms with Crippen molar-refractivity contribution in [1.29, 1.82) is 0 Å². The number of halogens is 1. The van der Waals surface area contributed by atoms with Crippen molar-refractivity contribution in [1.82, 2.24) is 9.97 Å². The predicted molar refractivity (Wildman–Crippen MR) is 99.6 cm³/mol. The third-order valence-corrected chi connectivity index (χ3v) is 3.69. The van der Waals surface area contributed by atoms with Gasteiger partial charge < -0.3 is 10.1 Å². The summed E-state index contributed by atoms with van der Waals surface area (Å²) in [7, 11) is 0. The molecule has 0 unspecified atom stereocenters. The molecule has 26 heavy (non-hydrogen) atoms. The summed E-state index contributed by atoms with van der Waals surface area (Å²) in [5.41, 5.74) is 1.80. The lowest BCUT2D eigenvalue weighted by atomic mass is 10.2. The Morgan fingerprint density at radius 3 is 2.81 bits per heavy atom. The summed E-state index contributed by atoms with van der Waals surface area (Å²) < 4.78 is 4.90. The fraction of sp³-hybridized carbons (Fsp3) is 0.0526. The number of carbonyl (C=O) groups excluding carboxylic acids is 2. The van der Waals surface area contributed by atoms with Gasteiger partial charge in [-0.3, -0.25) is 4.79 Å². The number of benzene rings is 1. The molecule has 3 rings (SSSR count). The fourth-order valence-corrected chi connectivity index (χ4v) is 2.34. The lowest BCUT2D eigenvalue weighted by molar-refractivity contribution is -0.142. The van der Waals surface area contributed by atoms with E-state index in [1.54, 1.807) is 18.2 Å². The molecule has 1 aromatic carbocycles. The molecule has 0 fully saturated rings. The van der Waals surface area contributed by atoms with Gasteiger partial charge in [-0.2, -0.15) is 0 Å². The molecular weight excluding hydrogens is 354 g/mol. The Hall–Kier alpha value is -3.25. The summed E-state index contributed by atoms with van der Waals surface area (Å²) >= 11 is 5.84. The first kappa shape index (κ1) is 17.6. The highest BCUT2D eigenvalue weighted by Crippen LogP contribution is 2.17. The van der Waals surface area contributed by atoms with Crippen molar-refractivity contribution in [2.75, 3.05) is 11.9 Å². The number of fused-ring (bicyclic) bond motifs is 1. The van der Waals surface area contributed by atoms with Gasteiger partial charge in [0, 0.05) is 17.7 Å². The molecule has 3 aromatic rings. The quantitative estimate of drug-likeness (QED) is 0.424. The Balaban J connectivity index is 1.53. The maximum atomic E-state index is 11.8. The number of anilines is 1. The highest BCUT2D eigenvalue weighted by Gasteiger charge is 2.08. The summed E-state index contributed by atoms with van der Waals surface area (Å²) in [6.45, 7) is -0.431. The van der Waals surface area contributed by atoms with E-state index in [1.807, 2.05) is 30.3 Å². The first-order chi connectivity index (χ1) is 12.6. The van der Waals surface area contributed by atoms with Gasteiger partial charge in [-0.25, -0.2) is 14.8 Å². The zero-order chi connectivity index (χ0) is 18.4. The minimum Gasteiger partial charge on any atom is -0.452 e. The van der Waals surface area contributed by atoms with Crippen LogP contribution in [-0.4, -0.2) is 28.5 Å². The molecule has 0 saturated heterocycles. The van der Waals surface area contributed by atoms with Gasteiger partial charge in [-0.1, -0.05) is 35.9 Å². The number of pyridine rings is 2. The summed E-state index contributed by atoms with van der Waals surface area (Å²) in [5, 5.41) is 3.69. The van der Waals surface area contributed by atoms with Gasteiger partial charge in [0.15, 0.2) is 11.8 Å². The molecule has 0 atom stereocenters. The highest BCUT2D eigenvalue weighted by molar-refractivity contribution is 6.32. The molecular formula is C19H14ClN3O3. The topological polar surface area (TPSA) is 81.2 Å². The molecule has 2 aromatic heterocycles. The average molecular weight is 368 g/mol. The monoisotopic (exact) mass is 367 g/mol. The molecule has 130 valence electrons. The minimum absolute atomic E-state index is 0.162. The Morgan fingerprint density at radius 2 is 1.96 bits per heavy atom. The summed E-state index contributed by atoms with van der Waals surface area (Å²) in [6.07, 6.45) is 4.26. The minimum atomic E-state index is -0.646. The van der Waals surface area contributed by atoms with E-state index in [-0.39, 0.29) is 5.15 Å². The van der Waals surface area contributed by atoms with Crippen LogP contribution in [0.5, 0.6) is 0 Å². The van der Waals surface area contributed by atoms with Crippen LogP contribution in [0.4, 0.5) is 5.69 Å². The van der Waals surface area contributed by atoms with Crippen molar-refractivity contribution in [2.24, 2.45) is 0 Å². The number of aromatic nitrogens is 2. The standard InChI is InChI=1S/C19H14ClN3O3/c20-19-16(6-3-11-21-19)23-17(24)12-26-18(25)10-9-14-8-7-13-4-1-2-5-15(13)22-14/h1-11H,12H2,(H,23,24)/b10-9+. The molecule has 0 saturated carbocycles. The molecule has 0 aliphatic heterocycles. The summed E-state index contributed by atoms with van der Waals surface area (Å²) in [6, 6.07) is 14.6. The zero-order valence-electron chi connectivity index (χ0n) is 13.6. The number of rotatable bonds is 5. The number of ether oxygens (including phenoxy) is 1. The number of hydrogen-bond acceptors (Lipinski definition) is 5. The molecule has 0 bridgehead atoms. The number of nitrogens with one attached hydrogen (secondary N) is 1. The van der Waals surface area contributed by atoms with Gasteiger partial charge >= 0.3 is 5.97 Å². The van der Waals surface area contributed by atoms with Gasteiger partial charge in [-0.05, 0) is 30.3 Å². The number of amides is 1. The van der Waals surface area contributed by atoms with E-state index in [0.717, 1.165) is 10.9 Å². The van der Waals surface area contributed by atoms with Gasteiger partial charge in [0.05, 0.1) is 16.9 Å². The van der Waals surface area contributed by atoms with Crippen LogP contribution in [0.3, 0.4) is 0 Å². The van der Waals surface area contributed by atoms with Crippen LogP contribution in [0, 0.1) is 0 Å². The molecule has 0 aliphatic carbocycles. The van der Waals surface area contributed by atoms with Gasteiger partial charge in [0.2, 0.25) is 0 Å². The van der Waals surface area contributed by atoms with E-state index in [4.69, 9.17) is 16.3 Å². The molecule has 0 radical (unpaired) electrons. The van der Waals surface area contributed by atoms with Crippen LogP contribution in [0.15, 0.2) is 60.8 Å². The maximum absolute atomic E-state index is 11.8. The van der Waals surface area contributed by atoms with Crippen LogP contribution in [0.2, 0.25) is 5.15 Å². The van der Waals surface area contributed by atoms with Crippen molar-refractivity contribution in [3.63, 3.8) is 0 Å². The molecule has 2 heterocycles. The van der Waals surface area contributed by atoms with E-state index < -0.39 is 18.5 Å². The lowest BCUT2D eigenvalue weighted by Gasteiger charge is -2.06. The molecule has 0 aliphatic rings. The number of hydrogen-bond donors (Lipinski definition) is 1. The molecule has 1 amide bonds. The molecule has 1 N–H and O–H groups in total. The Labute approximate surface area is 154 Å². The number of nitrogens with zero attached hydrogens (tertiary/aromatic N) is 2. The average Bonchev–Trinajstić information content (AvgIpc) is 2.66. The fourth-order valence-electron chi connectivity index (χ4n) is 2.18. The van der Waals surface area contributed by atoms with Gasteiger partial charge in [0.25, 0.3) is 5.91 Å². The van der Waals surface area contributed by atoms with Crippen LogP contribution in [0.1, 0.15) is 5.69 Å². The van der Waals surface area contributed by atoms with Crippen molar-refractivity contribution in [2.45, 2.75) is 0 Å². The first-order valence-corrected chi connectivity index (χ1v) is 8.10. The number of para-hydroxylation sites is 1. The van der Waals surface area contributed by atoms with Crippen molar-refractivity contribution >= 4 is 46.1 Å². The Morgan fingerprint density at radius 1 is 1.12 bits per heavy atom. The second kappa shape index (κ2) is 8.22. The van der Waals surface area contributed by atoms with Crippen molar-refractivity contribution in [3.05, 3.63) is 71.7 Å². The summed E-state index contributed by atoms with van der Waals surface area (Å²) in [4.78, 5) is 31.8. The van der Waals surface area contributed by atoms with E-state index in [0.29, 0.717) is 11.4 Å². The third-order valence-electron chi connectivity index (χ3n) is 3.39. The SMILES string of the molecule is O=C(COC(=O)/C=C/c1ccc2ccccc2n1)Nc1cccnc1Cl. The van der Waals surface area contributed by atoms with Gasteiger partial charge in [-0.15, -0.1) is 0 Å². The van der Waals surface area contributed by atoms with E-state index >= 15 is 0 Å². The molecule has 0 spiro atoms. The van der Waals surface area contributed by atoms with E-state index in [1.165, 1.54) is 18.3 Å². The molecule has 7 heteroatoms. The van der Waals surface area contributed by atoms with Crippen LogP contribution >= 0.6 is 11.6 Å². The number of esters is 1. The zero-order valence-corrected chi connectivity index (χ0v) is 14.3. The molecule has 6 nitrogen and oxygen atoms in total. The smallest absolute Gasteiger partial charge is 0.331 e. The van der Waals surface area contributed by atoms with Crippen LogP contribution in [0.25, 0.3) is 17.0 Å². The summed E-state index contributed by atoms with van der Waals surface area (Å²) in [5.74, 6) is -1.15. The van der Waals surface area contributed by atoms with Crippen LogP contribution < -0.4 is 5.32 Å². The largest absolute Gasteiger partial charge is 0.452 e. The lowest BCUT2D eigenvalue weighted by Crippen LogP contribution is -2.20. The van der Waals surface area contributed by atoms with Crippen LogP contribution in [-0.2, 0) is 14.3 Å². The van der Waals surface area contributed by atoms with E-state index in [2.05, 4.69) is 15.3 Å². The normalized spacial score (nSPS) is 10.8.